The fourth-order valence-corrected chi connectivity index (χ4v) is 2.96. The summed E-state index contributed by atoms with van der Waals surface area (Å²) in [6.07, 6.45) is 6.88. The van der Waals surface area contributed by atoms with Crippen LogP contribution in [0.5, 0.6) is 5.75 Å². The van der Waals surface area contributed by atoms with Crippen molar-refractivity contribution in [2.45, 2.75) is 57.9 Å². The highest BCUT2D eigenvalue weighted by Crippen LogP contribution is 2.26. The molecule has 132 valence electrons. The van der Waals surface area contributed by atoms with Crippen LogP contribution in [-0.2, 0) is 6.42 Å². The van der Waals surface area contributed by atoms with Crippen LogP contribution in [0.4, 0.5) is 0 Å². The van der Waals surface area contributed by atoms with Crippen molar-refractivity contribution in [1.82, 2.24) is 0 Å². The van der Waals surface area contributed by atoms with E-state index in [-0.39, 0.29) is 6.61 Å². The topological polar surface area (TPSA) is 55.5 Å². The van der Waals surface area contributed by atoms with Crippen molar-refractivity contribution in [2.75, 3.05) is 13.2 Å². The average Bonchev–Trinajstić information content (AvgIpc) is 2.58. The molecule has 2 aromatic rings. The Hall–Kier alpha value is -1.58. The summed E-state index contributed by atoms with van der Waals surface area (Å²) >= 11 is 0. The highest BCUT2D eigenvalue weighted by molar-refractivity contribution is 5.87. The van der Waals surface area contributed by atoms with Gasteiger partial charge in [-0.15, -0.1) is 0 Å². The van der Waals surface area contributed by atoms with Crippen molar-refractivity contribution in [2.24, 2.45) is 5.73 Å². The van der Waals surface area contributed by atoms with Crippen LogP contribution in [0.25, 0.3) is 10.8 Å². The van der Waals surface area contributed by atoms with Gasteiger partial charge in [0, 0.05) is 5.54 Å². The second-order valence-electron chi connectivity index (χ2n) is 7.05. The van der Waals surface area contributed by atoms with Crippen LogP contribution in [0.2, 0.25) is 0 Å². The predicted octanol–water partition coefficient (Wildman–Crippen LogP) is 4.44. The molecule has 0 saturated carbocycles. The molecular formula is C21H31NO2. The molecule has 0 aromatic heterocycles. The molecule has 0 radical (unpaired) electrons. The van der Waals surface area contributed by atoms with E-state index in [1.165, 1.54) is 31.1 Å². The summed E-state index contributed by atoms with van der Waals surface area (Å²) < 4.78 is 5.89. The number of nitrogens with two attached hydrogens (primary N) is 1. The SMILES string of the molecule is CCCCCCCOc1ccc2c(C[C@@](C)(N)CO)cccc2c1. The first-order valence-electron chi connectivity index (χ1n) is 9.10. The third-order valence-corrected chi connectivity index (χ3v) is 4.41. The second-order valence-corrected chi connectivity index (χ2v) is 7.05. The zero-order valence-corrected chi connectivity index (χ0v) is 15.1. The Labute approximate surface area is 145 Å². The molecule has 0 aliphatic rings. The molecule has 0 aliphatic carbocycles. The fourth-order valence-electron chi connectivity index (χ4n) is 2.96. The highest BCUT2D eigenvalue weighted by Gasteiger charge is 2.18. The molecule has 0 unspecified atom stereocenters. The minimum absolute atomic E-state index is 0.0252. The summed E-state index contributed by atoms with van der Waals surface area (Å²) in [6, 6.07) is 12.4. The van der Waals surface area contributed by atoms with Gasteiger partial charge in [-0.1, -0.05) is 56.9 Å². The van der Waals surface area contributed by atoms with Crippen molar-refractivity contribution in [3.63, 3.8) is 0 Å². The van der Waals surface area contributed by atoms with Gasteiger partial charge in [0.15, 0.2) is 0 Å². The Kier molecular flexibility index (Phi) is 7.07. The summed E-state index contributed by atoms with van der Waals surface area (Å²) in [5.74, 6) is 0.924. The van der Waals surface area contributed by atoms with E-state index in [9.17, 15) is 5.11 Å². The van der Waals surface area contributed by atoms with Gasteiger partial charge in [-0.3, -0.25) is 0 Å². The van der Waals surface area contributed by atoms with E-state index in [1.807, 2.05) is 19.1 Å². The number of benzene rings is 2. The Morgan fingerprint density at radius 3 is 2.62 bits per heavy atom. The predicted molar refractivity (Wildman–Crippen MR) is 102 cm³/mol. The smallest absolute Gasteiger partial charge is 0.119 e. The first-order valence-corrected chi connectivity index (χ1v) is 9.10. The van der Waals surface area contributed by atoms with Crippen molar-refractivity contribution >= 4 is 10.8 Å². The molecule has 3 N–H and O–H groups in total. The highest BCUT2D eigenvalue weighted by atomic mass is 16.5. The number of rotatable bonds is 10. The van der Waals surface area contributed by atoms with E-state index in [0.717, 1.165) is 29.7 Å². The minimum atomic E-state index is -0.595. The first kappa shape index (κ1) is 18.8. The van der Waals surface area contributed by atoms with Gasteiger partial charge < -0.3 is 15.6 Å². The maximum atomic E-state index is 9.40. The quantitative estimate of drug-likeness (QED) is 0.634. The first-order chi connectivity index (χ1) is 11.6. The van der Waals surface area contributed by atoms with Crippen molar-refractivity contribution in [3.05, 3.63) is 42.0 Å². The van der Waals surface area contributed by atoms with Crippen molar-refractivity contribution in [1.29, 1.82) is 0 Å². The Bertz CT molecular complexity index is 637. The third-order valence-electron chi connectivity index (χ3n) is 4.41. The Morgan fingerprint density at radius 2 is 1.88 bits per heavy atom. The summed E-state index contributed by atoms with van der Waals surface area (Å²) in [5.41, 5.74) is 6.68. The van der Waals surface area contributed by atoms with Gasteiger partial charge >= 0.3 is 0 Å². The number of hydrogen-bond acceptors (Lipinski definition) is 3. The summed E-state index contributed by atoms with van der Waals surface area (Å²) in [4.78, 5) is 0. The van der Waals surface area contributed by atoms with Gasteiger partial charge in [0.2, 0.25) is 0 Å². The number of aliphatic hydroxyl groups is 1. The number of hydrogen-bond donors (Lipinski definition) is 2. The zero-order valence-electron chi connectivity index (χ0n) is 15.1. The molecule has 1 atom stereocenters. The zero-order chi connectivity index (χ0) is 17.4. The van der Waals surface area contributed by atoms with E-state index in [1.54, 1.807) is 0 Å². The molecule has 0 saturated heterocycles. The Balaban J connectivity index is 2.01. The molecule has 2 aromatic carbocycles. The molecule has 0 fully saturated rings. The summed E-state index contributed by atoms with van der Waals surface area (Å²) in [7, 11) is 0. The summed E-state index contributed by atoms with van der Waals surface area (Å²) in [5, 5.41) is 11.7. The molecule has 0 bridgehead atoms. The minimum Gasteiger partial charge on any atom is -0.494 e. The summed E-state index contributed by atoms with van der Waals surface area (Å²) in [6.45, 7) is 4.86. The van der Waals surface area contributed by atoms with E-state index in [0.29, 0.717) is 6.42 Å². The monoisotopic (exact) mass is 329 g/mol. The molecule has 0 aliphatic heterocycles. The van der Waals surface area contributed by atoms with Crippen LogP contribution in [0.15, 0.2) is 36.4 Å². The molecule has 3 nitrogen and oxygen atoms in total. The number of unbranched alkanes of at least 4 members (excludes halogenated alkanes) is 4. The Morgan fingerprint density at radius 1 is 1.08 bits per heavy atom. The average molecular weight is 329 g/mol. The van der Waals surface area contributed by atoms with Gasteiger partial charge in [0.1, 0.15) is 5.75 Å². The number of fused-ring (bicyclic) bond motifs is 1. The van der Waals surface area contributed by atoms with Crippen LogP contribution >= 0.6 is 0 Å². The van der Waals surface area contributed by atoms with Crippen LogP contribution < -0.4 is 10.5 Å². The van der Waals surface area contributed by atoms with E-state index in [2.05, 4.69) is 31.2 Å². The fraction of sp³-hybridized carbons (Fsp3) is 0.524. The molecule has 24 heavy (non-hydrogen) atoms. The van der Waals surface area contributed by atoms with Gasteiger partial charge in [-0.2, -0.15) is 0 Å². The van der Waals surface area contributed by atoms with Crippen molar-refractivity contribution < 1.29 is 9.84 Å². The van der Waals surface area contributed by atoms with Gasteiger partial charge in [0.05, 0.1) is 13.2 Å². The normalized spacial score (nSPS) is 13.8. The molecule has 2 rings (SSSR count). The second kappa shape index (κ2) is 9.05. The molecule has 0 heterocycles. The maximum Gasteiger partial charge on any atom is 0.119 e. The van der Waals surface area contributed by atoms with Crippen LogP contribution in [0.1, 0.15) is 51.5 Å². The molecule has 0 spiro atoms. The van der Waals surface area contributed by atoms with E-state index in [4.69, 9.17) is 10.5 Å². The van der Waals surface area contributed by atoms with Gasteiger partial charge in [0.25, 0.3) is 0 Å². The van der Waals surface area contributed by atoms with Gasteiger partial charge in [-0.05, 0) is 48.2 Å². The van der Waals surface area contributed by atoms with Crippen LogP contribution in [0.3, 0.4) is 0 Å². The maximum absolute atomic E-state index is 9.40. The lowest BCUT2D eigenvalue weighted by Crippen LogP contribution is -2.42. The largest absolute Gasteiger partial charge is 0.494 e. The number of aliphatic hydroxyl groups excluding tert-OH is 1. The molecule has 3 heteroatoms. The lowest BCUT2D eigenvalue weighted by atomic mass is 9.91. The molecule has 0 amide bonds. The standard InChI is InChI=1S/C21H31NO2/c1-3-4-5-6-7-13-24-19-11-12-20-17(14-19)9-8-10-18(20)15-21(2,22)16-23/h8-12,14,23H,3-7,13,15-16,22H2,1-2H3/t21-/m1/s1. The lowest BCUT2D eigenvalue weighted by Gasteiger charge is -2.22. The van der Waals surface area contributed by atoms with Crippen molar-refractivity contribution in [3.8, 4) is 5.75 Å². The van der Waals surface area contributed by atoms with Crippen LogP contribution in [0, 0.1) is 0 Å². The third kappa shape index (κ3) is 5.50. The number of ether oxygens (including phenoxy) is 1. The van der Waals surface area contributed by atoms with Crippen LogP contribution in [-0.4, -0.2) is 23.9 Å². The van der Waals surface area contributed by atoms with E-state index < -0.39 is 5.54 Å². The van der Waals surface area contributed by atoms with Gasteiger partial charge in [-0.25, -0.2) is 0 Å². The van der Waals surface area contributed by atoms with E-state index >= 15 is 0 Å². The lowest BCUT2D eigenvalue weighted by molar-refractivity contribution is 0.208. The molecular weight excluding hydrogens is 298 g/mol.